The number of nitrogens with one attached hydrogen (secondary N) is 1. The molecule has 1 aromatic rings. The maximum Gasteiger partial charge on any atom is 0.0513 e. The van der Waals surface area contributed by atoms with Gasteiger partial charge in [0, 0.05) is 30.5 Å². The molecule has 2 atom stereocenters. The molecule has 2 rings (SSSR count). The molecule has 0 aliphatic carbocycles. The van der Waals surface area contributed by atoms with Crippen molar-refractivity contribution in [2.75, 3.05) is 19.8 Å². The number of hydrogen-bond acceptors (Lipinski definition) is 3. The van der Waals surface area contributed by atoms with Crippen molar-refractivity contribution in [2.24, 2.45) is 5.92 Å². The molecule has 1 saturated heterocycles. The van der Waals surface area contributed by atoms with Gasteiger partial charge in [0.15, 0.2) is 0 Å². The third-order valence-corrected chi connectivity index (χ3v) is 3.34. The van der Waals surface area contributed by atoms with E-state index in [2.05, 4.69) is 29.4 Å². The molecular formula is C14H22N2O. The fourth-order valence-corrected chi connectivity index (χ4v) is 2.34. The predicted octanol–water partition coefficient (Wildman–Crippen LogP) is 2.47. The monoisotopic (exact) mass is 234 g/mol. The lowest BCUT2D eigenvalue weighted by atomic mass is 9.93. The maximum atomic E-state index is 5.50. The van der Waals surface area contributed by atoms with Crippen LogP contribution in [0, 0.1) is 12.8 Å². The molecule has 1 N–H and O–H groups in total. The summed E-state index contributed by atoms with van der Waals surface area (Å²) in [6, 6.07) is 4.67. The van der Waals surface area contributed by atoms with Crippen LogP contribution in [0.15, 0.2) is 18.3 Å². The molecule has 0 radical (unpaired) electrons. The number of rotatable bonds is 5. The van der Waals surface area contributed by atoms with Crippen molar-refractivity contribution in [3.8, 4) is 0 Å². The molecule has 0 aromatic carbocycles. The van der Waals surface area contributed by atoms with Gasteiger partial charge >= 0.3 is 0 Å². The van der Waals surface area contributed by atoms with Gasteiger partial charge in [-0.1, -0.05) is 13.0 Å². The summed E-state index contributed by atoms with van der Waals surface area (Å²) in [7, 11) is 0. The Labute approximate surface area is 104 Å². The highest BCUT2D eigenvalue weighted by Gasteiger charge is 2.26. The SMILES string of the molecule is CCCNC(c1ccc(C)nc1)C1CCOC1. The van der Waals surface area contributed by atoms with Gasteiger partial charge in [0.2, 0.25) is 0 Å². The van der Waals surface area contributed by atoms with Crippen molar-refractivity contribution in [3.05, 3.63) is 29.6 Å². The molecule has 0 bridgehead atoms. The van der Waals surface area contributed by atoms with E-state index in [1.165, 1.54) is 5.56 Å². The summed E-state index contributed by atoms with van der Waals surface area (Å²) in [6.45, 7) is 7.04. The summed E-state index contributed by atoms with van der Waals surface area (Å²) < 4.78 is 5.50. The van der Waals surface area contributed by atoms with E-state index in [-0.39, 0.29) is 0 Å². The third-order valence-electron chi connectivity index (χ3n) is 3.34. The summed E-state index contributed by atoms with van der Waals surface area (Å²) in [4.78, 5) is 4.40. The van der Waals surface area contributed by atoms with Crippen molar-refractivity contribution in [1.29, 1.82) is 0 Å². The Morgan fingerprint density at radius 2 is 2.41 bits per heavy atom. The summed E-state index contributed by atoms with van der Waals surface area (Å²) in [5.41, 5.74) is 2.37. The van der Waals surface area contributed by atoms with Gasteiger partial charge in [-0.2, -0.15) is 0 Å². The van der Waals surface area contributed by atoms with E-state index in [0.717, 1.165) is 38.3 Å². The van der Waals surface area contributed by atoms with Crippen LogP contribution in [0.4, 0.5) is 0 Å². The van der Waals surface area contributed by atoms with Crippen LogP contribution in [0.1, 0.15) is 37.1 Å². The second kappa shape index (κ2) is 6.12. The van der Waals surface area contributed by atoms with Crippen LogP contribution in [0.25, 0.3) is 0 Å². The fourth-order valence-electron chi connectivity index (χ4n) is 2.34. The van der Waals surface area contributed by atoms with Crippen LogP contribution in [0.5, 0.6) is 0 Å². The quantitative estimate of drug-likeness (QED) is 0.850. The smallest absolute Gasteiger partial charge is 0.0513 e. The average molecular weight is 234 g/mol. The molecule has 1 fully saturated rings. The van der Waals surface area contributed by atoms with Gasteiger partial charge < -0.3 is 10.1 Å². The van der Waals surface area contributed by atoms with Crippen molar-refractivity contribution in [2.45, 2.75) is 32.7 Å². The van der Waals surface area contributed by atoms with Gasteiger partial charge in [-0.05, 0) is 37.9 Å². The van der Waals surface area contributed by atoms with E-state index in [0.29, 0.717) is 12.0 Å². The van der Waals surface area contributed by atoms with E-state index >= 15 is 0 Å². The third kappa shape index (κ3) is 3.27. The van der Waals surface area contributed by atoms with Crippen molar-refractivity contribution < 1.29 is 4.74 Å². The number of aryl methyl sites for hydroxylation is 1. The highest BCUT2D eigenvalue weighted by Crippen LogP contribution is 2.28. The lowest BCUT2D eigenvalue weighted by molar-refractivity contribution is 0.176. The molecule has 2 unspecified atom stereocenters. The first kappa shape index (κ1) is 12.5. The number of ether oxygens (including phenoxy) is 1. The summed E-state index contributed by atoms with van der Waals surface area (Å²) in [5, 5.41) is 3.63. The lowest BCUT2D eigenvalue weighted by Crippen LogP contribution is -2.29. The minimum atomic E-state index is 0.394. The second-order valence-electron chi connectivity index (χ2n) is 4.79. The Hall–Kier alpha value is -0.930. The van der Waals surface area contributed by atoms with Gasteiger partial charge in [-0.3, -0.25) is 4.98 Å². The molecule has 0 amide bonds. The van der Waals surface area contributed by atoms with Gasteiger partial charge in [-0.25, -0.2) is 0 Å². The molecule has 17 heavy (non-hydrogen) atoms. The van der Waals surface area contributed by atoms with E-state index in [4.69, 9.17) is 4.74 Å². The number of hydrogen-bond donors (Lipinski definition) is 1. The normalized spacial score (nSPS) is 21.6. The van der Waals surface area contributed by atoms with Crippen molar-refractivity contribution >= 4 is 0 Å². The lowest BCUT2D eigenvalue weighted by Gasteiger charge is -2.24. The minimum Gasteiger partial charge on any atom is -0.381 e. The number of pyridine rings is 1. The Morgan fingerprint density at radius 1 is 1.53 bits per heavy atom. The van der Waals surface area contributed by atoms with Crippen LogP contribution in [0.3, 0.4) is 0 Å². The molecular weight excluding hydrogens is 212 g/mol. The predicted molar refractivity (Wildman–Crippen MR) is 68.9 cm³/mol. The Morgan fingerprint density at radius 3 is 3.00 bits per heavy atom. The molecule has 1 aliphatic rings. The van der Waals surface area contributed by atoms with Crippen molar-refractivity contribution in [3.63, 3.8) is 0 Å². The molecule has 3 heteroatoms. The highest BCUT2D eigenvalue weighted by molar-refractivity contribution is 5.18. The zero-order chi connectivity index (χ0) is 12.1. The molecule has 0 saturated carbocycles. The van der Waals surface area contributed by atoms with E-state index < -0.39 is 0 Å². The van der Waals surface area contributed by atoms with E-state index in [9.17, 15) is 0 Å². The largest absolute Gasteiger partial charge is 0.381 e. The van der Waals surface area contributed by atoms with Crippen LogP contribution in [-0.2, 0) is 4.74 Å². The van der Waals surface area contributed by atoms with Gasteiger partial charge in [-0.15, -0.1) is 0 Å². The molecule has 1 aromatic heterocycles. The molecule has 94 valence electrons. The summed E-state index contributed by atoms with van der Waals surface area (Å²) in [6.07, 6.45) is 4.31. The first-order valence-electron chi connectivity index (χ1n) is 6.55. The number of nitrogens with zero attached hydrogens (tertiary/aromatic N) is 1. The van der Waals surface area contributed by atoms with Crippen LogP contribution < -0.4 is 5.32 Å². The zero-order valence-electron chi connectivity index (χ0n) is 10.8. The summed E-state index contributed by atoms with van der Waals surface area (Å²) >= 11 is 0. The molecule has 3 nitrogen and oxygen atoms in total. The van der Waals surface area contributed by atoms with Crippen LogP contribution >= 0.6 is 0 Å². The van der Waals surface area contributed by atoms with Crippen LogP contribution in [-0.4, -0.2) is 24.7 Å². The zero-order valence-corrected chi connectivity index (χ0v) is 10.8. The van der Waals surface area contributed by atoms with Gasteiger partial charge in [0.25, 0.3) is 0 Å². The number of aromatic nitrogens is 1. The van der Waals surface area contributed by atoms with E-state index in [1.807, 2.05) is 13.1 Å². The fraction of sp³-hybridized carbons (Fsp3) is 0.643. The molecule has 1 aliphatic heterocycles. The topological polar surface area (TPSA) is 34.2 Å². The standard InChI is InChI=1S/C14H22N2O/c1-3-7-15-14(13-6-8-17-10-13)12-5-4-11(2)16-9-12/h4-5,9,13-15H,3,6-8,10H2,1-2H3. The molecule has 0 spiro atoms. The van der Waals surface area contributed by atoms with Crippen LogP contribution in [0.2, 0.25) is 0 Å². The summed E-state index contributed by atoms with van der Waals surface area (Å²) in [5.74, 6) is 0.589. The maximum absolute atomic E-state index is 5.50. The first-order chi connectivity index (χ1) is 8.31. The van der Waals surface area contributed by atoms with E-state index in [1.54, 1.807) is 0 Å². The Kier molecular flexibility index (Phi) is 4.51. The van der Waals surface area contributed by atoms with Gasteiger partial charge in [0.05, 0.1) is 6.61 Å². The molecule has 2 heterocycles. The first-order valence-corrected chi connectivity index (χ1v) is 6.55. The Balaban J connectivity index is 2.10. The Bertz CT molecular complexity index is 331. The van der Waals surface area contributed by atoms with Crippen molar-refractivity contribution in [1.82, 2.24) is 10.3 Å². The highest BCUT2D eigenvalue weighted by atomic mass is 16.5. The van der Waals surface area contributed by atoms with Gasteiger partial charge in [0.1, 0.15) is 0 Å². The average Bonchev–Trinajstić information content (AvgIpc) is 2.85. The minimum absolute atomic E-state index is 0.394. The second-order valence-corrected chi connectivity index (χ2v) is 4.79.